The first kappa shape index (κ1) is 16.1. The quantitative estimate of drug-likeness (QED) is 0.770. The predicted molar refractivity (Wildman–Crippen MR) is 92.1 cm³/mol. The molecular formula is C17H16N2O4S. The maximum atomic E-state index is 12.8. The minimum Gasteiger partial charge on any atom is -0.493 e. The normalized spacial score (nSPS) is 11.2. The Hall–Kier alpha value is -2.80. The van der Waals surface area contributed by atoms with Gasteiger partial charge in [0.05, 0.1) is 24.8 Å². The number of aromatic nitrogens is 1. The van der Waals surface area contributed by atoms with E-state index >= 15 is 0 Å². The molecule has 0 amide bonds. The van der Waals surface area contributed by atoms with Crippen LogP contribution in [0.3, 0.4) is 0 Å². The molecule has 0 aliphatic carbocycles. The molecule has 7 heteroatoms. The highest BCUT2D eigenvalue weighted by Crippen LogP contribution is 2.31. The van der Waals surface area contributed by atoms with E-state index in [9.17, 15) is 8.42 Å². The first-order valence-electron chi connectivity index (χ1n) is 7.13. The number of benzene rings is 2. The molecule has 124 valence electrons. The van der Waals surface area contributed by atoms with Crippen LogP contribution < -0.4 is 14.2 Å². The van der Waals surface area contributed by atoms with E-state index in [0.29, 0.717) is 22.6 Å². The fraction of sp³-hybridized carbons (Fsp3) is 0.118. The van der Waals surface area contributed by atoms with Gasteiger partial charge in [0.1, 0.15) is 0 Å². The second-order valence-corrected chi connectivity index (χ2v) is 6.68. The highest BCUT2D eigenvalue weighted by molar-refractivity contribution is 7.93. The highest BCUT2D eigenvalue weighted by atomic mass is 32.2. The maximum Gasteiger partial charge on any atom is 0.262 e. The number of nitrogens with one attached hydrogen (secondary N) is 1. The van der Waals surface area contributed by atoms with Crippen LogP contribution >= 0.6 is 0 Å². The van der Waals surface area contributed by atoms with E-state index < -0.39 is 10.0 Å². The molecule has 0 aliphatic rings. The monoisotopic (exact) mass is 344 g/mol. The van der Waals surface area contributed by atoms with Crippen molar-refractivity contribution < 1.29 is 17.9 Å². The Morgan fingerprint density at radius 2 is 1.79 bits per heavy atom. The lowest BCUT2D eigenvalue weighted by atomic mass is 10.2. The van der Waals surface area contributed by atoms with Crippen LogP contribution in [-0.2, 0) is 10.0 Å². The summed E-state index contributed by atoms with van der Waals surface area (Å²) in [7, 11) is -0.745. The van der Waals surface area contributed by atoms with Gasteiger partial charge in [-0.3, -0.25) is 9.71 Å². The lowest BCUT2D eigenvalue weighted by Gasteiger charge is -2.13. The Balaban J connectivity index is 2.02. The second kappa shape index (κ2) is 6.37. The molecule has 1 heterocycles. The van der Waals surface area contributed by atoms with Crippen molar-refractivity contribution in [2.24, 2.45) is 0 Å². The molecule has 0 atom stereocenters. The molecule has 0 unspecified atom stereocenters. The number of nitrogens with zero attached hydrogens (tertiary/aromatic N) is 1. The third-order valence-corrected chi connectivity index (χ3v) is 5.01. The zero-order valence-electron chi connectivity index (χ0n) is 13.2. The molecule has 3 rings (SSSR count). The summed E-state index contributed by atoms with van der Waals surface area (Å²) in [5.74, 6) is 0.969. The maximum absolute atomic E-state index is 12.8. The van der Waals surface area contributed by atoms with Crippen molar-refractivity contribution >= 4 is 26.5 Å². The number of fused-ring (bicyclic) bond motifs is 1. The number of pyridine rings is 1. The van der Waals surface area contributed by atoms with Crippen molar-refractivity contribution in [1.82, 2.24) is 4.98 Å². The number of anilines is 1. The topological polar surface area (TPSA) is 77.5 Å². The van der Waals surface area contributed by atoms with Gasteiger partial charge >= 0.3 is 0 Å². The molecule has 0 aliphatic heterocycles. The van der Waals surface area contributed by atoms with Crippen molar-refractivity contribution in [3.05, 3.63) is 54.9 Å². The van der Waals surface area contributed by atoms with Crippen LogP contribution in [-0.4, -0.2) is 27.6 Å². The van der Waals surface area contributed by atoms with Crippen LogP contribution in [0.25, 0.3) is 10.8 Å². The molecule has 0 bridgehead atoms. The van der Waals surface area contributed by atoms with Crippen LogP contribution in [0, 0.1) is 0 Å². The number of ether oxygens (including phenoxy) is 2. The van der Waals surface area contributed by atoms with Gasteiger partial charge in [-0.2, -0.15) is 0 Å². The van der Waals surface area contributed by atoms with Crippen molar-refractivity contribution in [2.45, 2.75) is 4.90 Å². The number of hydrogen-bond donors (Lipinski definition) is 1. The molecule has 0 radical (unpaired) electrons. The number of methoxy groups -OCH3 is 2. The smallest absolute Gasteiger partial charge is 0.262 e. The predicted octanol–water partition coefficient (Wildman–Crippen LogP) is 3.05. The molecule has 1 N–H and O–H groups in total. The molecule has 0 spiro atoms. The summed E-state index contributed by atoms with van der Waals surface area (Å²) < 4.78 is 38.5. The Morgan fingerprint density at radius 1 is 1.00 bits per heavy atom. The number of hydrogen-bond acceptors (Lipinski definition) is 5. The van der Waals surface area contributed by atoms with E-state index in [-0.39, 0.29) is 4.90 Å². The fourth-order valence-corrected chi connectivity index (χ4v) is 3.72. The molecule has 1 aromatic heterocycles. The SMILES string of the molecule is COc1ccc(NS(=O)(=O)c2cccc3cnccc23)cc1OC. The van der Waals surface area contributed by atoms with Gasteiger partial charge in [0.25, 0.3) is 10.0 Å². The van der Waals surface area contributed by atoms with E-state index in [1.165, 1.54) is 14.2 Å². The van der Waals surface area contributed by atoms with Crippen LogP contribution in [0.5, 0.6) is 11.5 Å². The standard InChI is InChI=1S/C17H16N2O4S/c1-22-15-7-6-13(10-16(15)23-2)19-24(20,21)17-5-3-4-12-11-18-9-8-14(12)17/h3-11,19H,1-2H3. The Bertz CT molecular complexity index is 982. The Kier molecular flexibility index (Phi) is 4.26. The van der Waals surface area contributed by atoms with E-state index in [4.69, 9.17) is 9.47 Å². The van der Waals surface area contributed by atoms with Crippen LogP contribution in [0.2, 0.25) is 0 Å². The minimum atomic E-state index is -3.76. The first-order chi connectivity index (χ1) is 11.5. The average molecular weight is 344 g/mol. The lowest BCUT2D eigenvalue weighted by molar-refractivity contribution is 0.355. The average Bonchev–Trinajstić information content (AvgIpc) is 2.60. The molecule has 3 aromatic rings. The molecular weight excluding hydrogens is 328 g/mol. The summed E-state index contributed by atoms with van der Waals surface area (Å²) in [6.45, 7) is 0. The zero-order valence-corrected chi connectivity index (χ0v) is 14.0. The minimum absolute atomic E-state index is 0.192. The van der Waals surface area contributed by atoms with Crippen molar-refractivity contribution in [1.29, 1.82) is 0 Å². The lowest BCUT2D eigenvalue weighted by Crippen LogP contribution is -2.13. The van der Waals surface area contributed by atoms with Crippen molar-refractivity contribution in [2.75, 3.05) is 18.9 Å². The van der Waals surface area contributed by atoms with Crippen molar-refractivity contribution in [3.8, 4) is 11.5 Å². The molecule has 24 heavy (non-hydrogen) atoms. The first-order valence-corrected chi connectivity index (χ1v) is 8.61. The van der Waals surface area contributed by atoms with E-state index in [1.807, 2.05) is 6.07 Å². The summed E-state index contributed by atoms with van der Waals surface area (Å²) in [5.41, 5.74) is 0.388. The van der Waals surface area contributed by atoms with E-state index in [2.05, 4.69) is 9.71 Å². The van der Waals surface area contributed by atoms with Gasteiger partial charge in [-0.1, -0.05) is 12.1 Å². The zero-order chi connectivity index (χ0) is 17.2. The van der Waals surface area contributed by atoms with E-state index in [0.717, 1.165) is 5.39 Å². The van der Waals surface area contributed by atoms with Gasteiger partial charge in [-0.15, -0.1) is 0 Å². The van der Waals surface area contributed by atoms with Gasteiger partial charge in [0, 0.05) is 29.2 Å². The van der Waals surface area contributed by atoms with E-state index in [1.54, 1.807) is 48.8 Å². The van der Waals surface area contributed by atoms with Crippen molar-refractivity contribution in [3.63, 3.8) is 0 Å². The largest absolute Gasteiger partial charge is 0.493 e. The Morgan fingerprint density at radius 3 is 2.54 bits per heavy atom. The third kappa shape index (κ3) is 2.98. The van der Waals surface area contributed by atoms with Gasteiger partial charge in [0.2, 0.25) is 0 Å². The molecule has 0 saturated carbocycles. The summed E-state index contributed by atoms with van der Waals surface area (Å²) in [5, 5.41) is 1.37. The molecule has 0 fully saturated rings. The fourth-order valence-electron chi connectivity index (χ4n) is 2.44. The summed E-state index contributed by atoms with van der Waals surface area (Å²) in [6.07, 6.45) is 3.20. The second-order valence-electron chi connectivity index (χ2n) is 5.03. The summed E-state index contributed by atoms with van der Waals surface area (Å²) in [6, 6.07) is 11.6. The van der Waals surface area contributed by atoms with Gasteiger partial charge in [0.15, 0.2) is 11.5 Å². The van der Waals surface area contributed by atoms with Gasteiger partial charge in [-0.05, 0) is 24.3 Å². The van der Waals surface area contributed by atoms with Crippen LogP contribution in [0.1, 0.15) is 0 Å². The summed E-state index contributed by atoms with van der Waals surface area (Å²) >= 11 is 0. The van der Waals surface area contributed by atoms with Gasteiger partial charge < -0.3 is 9.47 Å². The summed E-state index contributed by atoms with van der Waals surface area (Å²) in [4.78, 5) is 4.21. The highest BCUT2D eigenvalue weighted by Gasteiger charge is 2.18. The Labute approximate surface area is 140 Å². The van der Waals surface area contributed by atoms with Crippen LogP contribution in [0.4, 0.5) is 5.69 Å². The number of rotatable bonds is 5. The third-order valence-electron chi connectivity index (χ3n) is 3.57. The van der Waals surface area contributed by atoms with Gasteiger partial charge in [-0.25, -0.2) is 8.42 Å². The molecule has 2 aromatic carbocycles. The molecule has 0 saturated heterocycles. The number of sulfonamides is 1. The molecule has 6 nitrogen and oxygen atoms in total. The van der Waals surface area contributed by atoms with Crippen LogP contribution in [0.15, 0.2) is 59.8 Å².